The van der Waals surface area contributed by atoms with E-state index in [0.29, 0.717) is 22.4 Å². The Morgan fingerprint density at radius 2 is 1.60 bits per heavy atom. The number of para-hydroxylation sites is 1. The van der Waals surface area contributed by atoms with Gasteiger partial charge in [0.1, 0.15) is 0 Å². The number of carbonyl (C=O) groups is 2. The fourth-order valence-electron chi connectivity index (χ4n) is 2.69. The molecule has 98 valence electrons. The lowest BCUT2D eigenvalue weighted by Gasteiger charge is -2.37. The highest BCUT2D eigenvalue weighted by atomic mass is 35.5. The van der Waals surface area contributed by atoms with Crippen LogP contribution >= 0.6 is 11.6 Å². The summed E-state index contributed by atoms with van der Waals surface area (Å²) < 4.78 is 5.35. The van der Waals surface area contributed by atoms with Gasteiger partial charge in [-0.2, -0.15) is 0 Å². The summed E-state index contributed by atoms with van der Waals surface area (Å²) in [6, 6.07) is 13.7. The Bertz CT molecular complexity index is 773. The van der Waals surface area contributed by atoms with E-state index >= 15 is 0 Å². The minimum atomic E-state index is -1.58. The third-order valence-electron chi connectivity index (χ3n) is 3.57. The lowest BCUT2D eigenvalue weighted by molar-refractivity contribution is 0.0136. The molecule has 0 aliphatic carbocycles. The predicted octanol–water partition coefficient (Wildman–Crippen LogP) is 2.87. The van der Waals surface area contributed by atoms with Gasteiger partial charge in [0.2, 0.25) is 0 Å². The zero-order valence-corrected chi connectivity index (χ0v) is 10.9. The zero-order valence-electron chi connectivity index (χ0n) is 10.2. The summed E-state index contributed by atoms with van der Waals surface area (Å²) in [7, 11) is 0. The maximum atomic E-state index is 12.6. The molecular formula is C15H8ClNO3. The first-order chi connectivity index (χ1) is 9.63. The molecule has 0 saturated carbocycles. The molecule has 2 aromatic carbocycles. The minimum Gasteiger partial charge on any atom is -0.415 e. The molecule has 2 aliphatic rings. The summed E-state index contributed by atoms with van der Waals surface area (Å²) in [5, 5.41) is -1.58. The van der Waals surface area contributed by atoms with Crippen molar-refractivity contribution in [1.29, 1.82) is 0 Å². The van der Waals surface area contributed by atoms with Crippen LogP contribution in [0.2, 0.25) is 0 Å². The average Bonchev–Trinajstić information content (AvgIpc) is 2.68. The number of carbonyl (C=O) groups excluding carboxylic acids is 2. The molecule has 0 radical (unpaired) electrons. The second-order valence-electron chi connectivity index (χ2n) is 4.65. The molecule has 0 N–H and O–H groups in total. The van der Waals surface area contributed by atoms with Crippen molar-refractivity contribution in [2.45, 2.75) is 5.18 Å². The topological polar surface area (TPSA) is 46.6 Å². The highest BCUT2D eigenvalue weighted by Crippen LogP contribution is 2.50. The standard InChI is InChI=1S/C15H8ClNO3/c16-15-11-7-3-1-5-9(11)13(18)17(15)12-8-4-2-6-10(12)14(19)20-15/h1-8H. The SMILES string of the molecule is O=C1OC2(Cl)c3ccccc3C(=O)N2c2ccccc21. The molecule has 0 fully saturated rings. The average molecular weight is 286 g/mol. The fourth-order valence-corrected chi connectivity index (χ4v) is 3.10. The molecule has 4 nitrogen and oxygen atoms in total. The van der Waals surface area contributed by atoms with Gasteiger partial charge in [0.25, 0.3) is 11.1 Å². The van der Waals surface area contributed by atoms with Crippen LogP contribution in [0, 0.1) is 0 Å². The van der Waals surface area contributed by atoms with Crippen LogP contribution in [-0.4, -0.2) is 11.9 Å². The van der Waals surface area contributed by atoms with Crippen LogP contribution in [0.5, 0.6) is 0 Å². The number of alkyl halides is 1. The summed E-state index contributed by atoms with van der Waals surface area (Å²) >= 11 is 6.48. The normalized spacial score (nSPS) is 22.9. The molecule has 2 aromatic rings. The van der Waals surface area contributed by atoms with E-state index in [9.17, 15) is 9.59 Å². The lowest BCUT2D eigenvalue weighted by Crippen LogP contribution is -2.47. The van der Waals surface area contributed by atoms with Gasteiger partial charge in [-0.15, -0.1) is 0 Å². The number of halogens is 1. The molecule has 0 spiro atoms. The van der Waals surface area contributed by atoms with Crippen molar-refractivity contribution in [1.82, 2.24) is 0 Å². The van der Waals surface area contributed by atoms with Gasteiger partial charge in [-0.05, 0) is 29.8 Å². The van der Waals surface area contributed by atoms with Gasteiger partial charge in [0.05, 0.1) is 16.8 Å². The van der Waals surface area contributed by atoms with Gasteiger partial charge in [-0.25, -0.2) is 4.79 Å². The fraction of sp³-hybridized carbons (Fsp3) is 0.0667. The van der Waals surface area contributed by atoms with E-state index in [1.165, 1.54) is 4.90 Å². The number of esters is 1. The first-order valence-electron chi connectivity index (χ1n) is 6.08. The van der Waals surface area contributed by atoms with Crippen LogP contribution in [0.25, 0.3) is 0 Å². The van der Waals surface area contributed by atoms with Crippen molar-refractivity contribution in [2.75, 3.05) is 4.90 Å². The molecule has 2 heterocycles. The number of hydrogen-bond donors (Lipinski definition) is 0. The van der Waals surface area contributed by atoms with Crippen molar-refractivity contribution in [2.24, 2.45) is 0 Å². The monoisotopic (exact) mass is 285 g/mol. The van der Waals surface area contributed by atoms with E-state index in [2.05, 4.69) is 0 Å². The smallest absolute Gasteiger partial charge is 0.343 e. The maximum absolute atomic E-state index is 12.6. The van der Waals surface area contributed by atoms with Gasteiger partial charge in [0, 0.05) is 5.56 Å². The van der Waals surface area contributed by atoms with E-state index in [1.54, 1.807) is 48.5 Å². The van der Waals surface area contributed by atoms with Crippen molar-refractivity contribution < 1.29 is 14.3 Å². The third-order valence-corrected chi connectivity index (χ3v) is 4.02. The minimum absolute atomic E-state index is 0.268. The van der Waals surface area contributed by atoms with Gasteiger partial charge < -0.3 is 4.74 Å². The maximum Gasteiger partial charge on any atom is 0.343 e. The number of hydrogen-bond acceptors (Lipinski definition) is 3. The second-order valence-corrected chi connectivity index (χ2v) is 5.17. The summed E-state index contributed by atoms with van der Waals surface area (Å²) in [6.07, 6.45) is 0. The van der Waals surface area contributed by atoms with E-state index in [1.807, 2.05) is 0 Å². The summed E-state index contributed by atoms with van der Waals surface area (Å²) in [5.41, 5.74) is 1.76. The van der Waals surface area contributed by atoms with Gasteiger partial charge in [0.15, 0.2) is 0 Å². The van der Waals surface area contributed by atoms with Gasteiger partial charge >= 0.3 is 5.97 Å². The molecule has 0 saturated heterocycles. The summed E-state index contributed by atoms with van der Waals surface area (Å²) in [6.45, 7) is 0. The number of benzene rings is 2. The number of fused-ring (bicyclic) bond motifs is 5. The molecule has 20 heavy (non-hydrogen) atoms. The molecule has 1 atom stereocenters. The van der Waals surface area contributed by atoms with E-state index < -0.39 is 11.2 Å². The number of rotatable bonds is 0. The highest BCUT2D eigenvalue weighted by Gasteiger charge is 2.56. The lowest BCUT2D eigenvalue weighted by atomic mass is 10.1. The first-order valence-corrected chi connectivity index (χ1v) is 6.46. The van der Waals surface area contributed by atoms with Crippen molar-refractivity contribution in [3.05, 3.63) is 65.2 Å². The number of anilines is 1. The van der Waals surface area contributed by atoms with Gasteiger partial charge in [-0.3, -0.25) is 9.69 Å². The number of nitrogens with zero attached hydrogens (tertiary/aromatic N) is 1. The Hall–Kier alpha value is -2.33. The van der Waals surface area contributed by atoms with Crippen LogP contribution in [-0.2, 0) is 9.92 Å². The van der Waals surface area contributed by atoms with E-state index in [0.717, 1.165) is 0 Å². The predicted molar refractivity (Wildman–Crippen MR) is 72.6 cm³/mol. The molecular weight excluding hydrogens is 278 g/mol. The molecule has 0 aromatic heterocycles. The van der Waals surface area contributed by atoms with Crippen molar-refractivity contribution >= 4 is 29.2 Å². The first kappa shape index (κ1) is 11.5. The van der Waals surface area contributed by atoms with Crippen LogP contribution in [0.15, 0.2) is 48.5 Å². The van der Waals surface area contributed by atoms with Crippen LogP contribution in [0.4, 0.5) is 5.69 Å². The van der Waals surface area contributed by atoms with E-state index in [-0.39, 0.29) is 5.91 Å². The largest absolute Gasteiger partial charge is 0.415 e. The van der Waals surface area contributed by atoms with Crippen LogP contribution < -0.4 is 4.90 Å². The Labute approximate surface area is 119 Å². The van der Waals surface area contributed by atoms with Crippen molar-refractivity contribution in [3.63, 3.8) is 0 Å². The van der Waals surface area contributed by atoms with Gasteiger partial charge in [-0.1, -0.05) is 30.3 Å². The molecule has 2 aliphatic heterocycles. The summed E-state index contributed by atoms with van der Waals surface area (Å²) in [5.74, 6) is -0.799. The summed E-state index contributed by atoms with van der Waals surface area (Å²) in [4.78, 5) is 26.0. The van der Waals surface area contributed by atoms with E-state index in [4.69, 9.17) is 16.3 Å². The molecule has 1 amide bonds. The second kappa shape index (κ2) is 3.61. The van der Waals surface area contributed by atoms with Crippen LogP contribution in [0.1, 0.15) is 26.3 Å². The van der Waals surface area contributed by atoms with Crippen LogP contribution in [0.3, 0.4) is 0 Å². The molecule has 4 rings (SSSR count). The number of amides is 1. The zero-order chi connectivity index (χ0) is 13.9. The Morgan fingerprint density at radius 1 is 0.950 bits per heavy atom. The molecule has 5 heteroatoms. The number of ether oxygens (including phenoxy) is 1. The van der Waals surface area contributed by atoms with Crippen molar-refractivity contribution in [3.8, 4) is 0 Å². The Kier molecular flexibility index (Phi) is 2.07. The highest BCUT2D eigenvalue weighted by molar-refractivity contribution is 6.33. The third kappa shape index (κ3) is 1.22. The quantitative estimate of drug-likeness (QED) is 0.425. The molecule has 1 unspecified atom stereocenters. The Balaban J connectivity index is 2.04. The molecule has 0 bridgehead atoms. The Morgan fingerprint density at radius 3 is 2.40 bits per heavy atom.